The standard InChI is InChI=1S/C22H24N2O2/c1-12-15-16(13(2)18-17(12)21(3,4)23-22(18,5)6)20(26)24(19(15)25)14-10-8-7-9-11-14/h7-11,23H,1-6H3. The van der Waals surface area contributed by atoms with Gasteiger partial charge in [0.1, 0.15) is 0 Å². The highest BCUT2D eigenvalue weighted by Crippen LogP contribution is 2.48. The Morgan fingerprint density at radius 1 is 0.769 bits per heavy atom. The average molecular weight is 348 g/mol. The third-order valence-electron chi connectivity index (χ3n) is 5.72. The molecule has 0 unspecified atom stereocenters. The van der Waals surface area contributed by atoms with Crippen molar-refractivity contribution in [1.82, 2.24) is 5.32 Å². The van der Waals surface area contributed by atoms with Gasteiger partial charge in [-0.15, -0.1) is 0 Å². The number of amides is 2. The van der Waals surface area contributed by atoms with E-state index in [1.165, 1.54) is 4.90 Å². The highest BCUT2D eigenvalue weighted by molar-refractivity contribution is 6.35. The molecule has 0 bridgehead atoms. The van der Waals surface area contributed by atoms with Gasteiger partial charge in [0, 0.05) is 11.1 Å². The van der Waals surface area contributed by atoms with E-state index < -0.39 is 0 Å². The molecule has 2 aliphatic rings. The van der Waals surface area contributed by atoms with Crippen molar-refractivity contribution in [3.05, 3.63) is 63.7 Å². The fraction of sp³-hybridized carbons (Fsp3) is 0.364. The first-order valence-electron chi connectivity index (χ1n) is 8.99. The number of anilines is 1. The van der Waals surface area contributed by atoms with Crippen LogP contribution in [0, 0.1) is 13.8 Å². The molecule has 4 nitrogen and oxygen atoms in total. The van der Waals surface area contributed by atoms with Crippen LogP contribution in [0.15, 0.2) is 30.3 Å². The molecule has 0 atom stereocenters. The lowest BCUT2D eigenvalue weighted by molar-refractivity contribution is 0.0926. The average Bonchev–Trinajstić information content (AvgIpc) is 2.92. The van der Waals surface area contributed by atoms with Gasteiger partial charge in [0.2, 0.25) is 0 Å². The zero-order valence-electron chi connectivity index (χ0n) is 16.2. The molecule has 0 fully saturated rings. The number of nitrogens with zero attached hydrogens (tertiary/aromatic N) is 1. The van der Waals surface area contributed by atoms with E-state index in [9.17, 15) is 9.59 Å². The van der Waals surface area contributed by atoms with E-state index in [4.69, 9.17) is 0 Å². The van der Waals surface area contributed by atoms with Crippen LogP contribution in [0.2, 0.25) is 0 Å². The summed E-state index contributed by atoms with van der Waals surface area (Å²) < 4.78 is 0. The third kappa shape index (κ3) is 1.99. The van der Waals surface area contributed by atoms with Gasteiger partial charge in [0.15, 0.2) is 0 Å². The van der Waals surface area contributed by atoms with Crippen molar-refractivity contribution in [3.63, 3.8) is 0 Å². The number of rotatable bonds is 1. The van der Waals surface area contributed by atoms with Gasteiger partial charge in [-0.05, 0) is 75.9 Å². The van der Waals surface area contributed by atoms with Crippen LogP contribution in [0.3, 0.4) is 0 Å². The zero-order chi connectivity index (χ0) is 19.0. The molecule has 0 aliphatic carbocycles. The summed E-state index contributed by atoms with van der Waals surface area (Å²) in [5.41, 5.74) is 5.35. The molecule has 2 amide bonds. The minimum Gasteiger partial charge on any atom is -0.299 e. The van der Waals surface area contributed by atoms with Crippen LogP contribution in [-0.2, 0) is 11.1 Å². The van der Waals surface area contributed by atoms with Crippen molar-refractivity contribution in [2.24, 2.45) is 0 Å². The molecule has 4 rings (SSSR count). The first-order valence-corrected chi connectivity index (χ1v) is 8.99. The fourth-order valence-electron chi connectivity index (χ4n) is 5.13. The van der Waals surface area contributed by atoms with Gasteiger partial charge in [-0.2, -0.15) is 0 Å². The van der Waals surface area contributed by atoms with Crippen molar-refractivity contribution in [1.29, 1.82) is 0 Å². The lowest BCUT2D eigenvalue weighted by atomic mass is 9.80. The number of hydrogen-bond acceptors (Lipinski definition) is 3. The van der Waals surface area contributed by atoms with Crippen LogP contribution in [-0.4, -0.2) is 11.8 Å². The summed E-state index contributed by atoms with van der Waals surface area (Å²) >= 11 is 0. The number of nitrogens with one attached hydrogen (secondary N) is 1. The molecule has 2 aromatic carbocycles. The molecule has 2 aromatic rings. The minimum atomic E-state index is -0.258. The largest absolute Gasteiger partial charge is 0.299 e. The Morgan fingerprint density at radius 2 is 1.19 bits per heavy atom. The van der Waals surface area contributed by atoms with Gasteiger partial charge in [-0.1, -0.05) is 18.2 Å². The molecule has 0 saturated heterocycles. The first kappa shape index (κ1) is 17.0. The van der Waals surface area contributed by atoms with E-state index in [0.717, 1.165) is 22.3 Å². The SMILES string of the molecule is Cc1c2c(c(C)c3c1C(C)(C)NC3(C)C)C(=O)N(c1ccccc1)C2=O. The lowest BCUT2D eigenvalue weighted by Gasteiger charge is -2.26. The second kappa shape index (κ2) is 5.04. The van der Waals surface area contributed by atoms with Gasteiger partial charge in [0.05, 0.1) is 16.8 Å². The Morgan fingerprint density at radius 3 is 1.62 bits per heavy atom. The number of fused-ring (bicyclic) bond motifs is 2. The smallest absolute Gasteiger partial charge is 0.266 e. The Balaban J connectivity index is 2.03. The van der Waals surface area contributed by atoms with Gasteiger partial charge >= 0.3 is 0 Å². The van der Waals surface area contributed by atoms with Crippen molar-refractivity contribution < 1.29 is 9.59 Å². The summed E-state index contributed by atoms with van der Waals surface area (Å²) in [4.78, 5) is 27.8. The van der Waals surface area contributed by atoms with E-state index in [2.05, 4.69) is 33.0 Å². The van der Waals surface area contributed by atoms with Gasteiger partial charge in [-0.3, -0.25) is 14.9 Å². The molecule has 26 heavy (non-hydrogen) atoms. The van der Waals surface area contributed by atoms with Crippen molar-refractivity contribution in [2.45, 2.75) is 52.6 Å². The molecule has 0 spiro atoms. The maximum absolute atomic E-state index is 13.2. The summed E-state index contributed by atoms with van der Waals surface area (Å²) in [6.07, 6.45) is 0. The van der Waals surface area contributed by atoms with Crippen molar-refractivity contribution in [3.8, 4) is 0 Å². The summed E-state index contributed by atoms with van der Waals surface area (Å²) in [5, 5.41) is 3.66. The lowest BCUT2D eigenvalue weighted by Crippen LogP contribution is -2.40. The van der Waals surface area contributed by atoms with Crippen LogP contribution in [0.1, 0.15) is 70.7 Å². The maximum Gasteiger partial charge on any atom is 0.266 e. The quantitative estimate of drug-likeness (QED) is 0.787. The molecule has 134 valence electrons. The van der Waals surface area contributed by atoms with E-state index in [-0.39, 0.29) is 22.9 Å². The predicted molar refractivity (Wildman–Crippen MR) is 103 cm³/mol. The molecule has 0 radical (unpaired) electrons. The monoisotopic (exact) mass is 348 g/mol. The third-order valence-corrected chi connectivity index (χ3v) is 5.72. The van der Waals surface area contributed by atoms with Crippen LogP contribution < -0.4 is 10.2 Å². The summed E-state index contributed by atoms with van der Waals surface area (Å²) in [5.74, 6) is -0.444. The van der Waals surface area contributed by atoms with Crippen molar-refractivity contribution >= 4 is 17.5 Å². The summed E-state index contributed by atoms with van der Waals surface area (Å²) in [6, 6.07) is 9.16. The first-order chi connectivity index (χ1) is 12.1. The van der Waals surface area contributed by atoms with Crippen molar-refractivity contribution in [2.75, 3.05) is 4.90 Å². The Kier molecular flexibility index (Phi) is 3.29. The normalized spacial score (nSPS) is 19.7. The van der Waals surface area contributed by atoms with E-state index in [1.807, 2.05) is 32.0 Å². The number of hydrogen-bond donors (Lipinski definition) is 1. The summed E-state index contributed by atoms with van der Waals surface area (Å²) in [7, 11) is 0. The molecule has 0 saturated carbocycles. The topological polar surface area (TPSA) is 49.4 Å². The van der Waals surface area contributed by atoms with E-state index in [1.54, 1.807) is 12.1 Å². The second-order valence-corrected chi connectivity index (χ2v) is 8.41. The highest BCUT2D eigenvalue weighted by atomic mass is 16.2. The van der Waals surface area contributed by atoms with Gasteiger partial charge < -0.3 is 0 Å². The Hall–Kier alpha value is -2.46. The molecular formula is C22H24N2O2. The van der Waals surface area contributed by atoms with Crippen LogP contribution in [0.25, 0.3) is 0 Å². The molecule has 2 aliphatic heterocycles. The molecule has 2 heterocycles. The maximum atomic E-state index is 13.2. The van der Waals surface area contributed by atoms with E-state index >= 15 is 0 Å². The van der Waals surface area contributed by atoms with Gasteiger partial charge in [-0.25, -0.2) is 4.90 Å². The molecule has 0 aromatic heterocycles. The number of para-hydroxylation sites is 1. The predicted octanol–water partition coefficient (Wildman–Crippen LogP) is 4.18. The molecule has 4 heteroatoms. The van der Waals surface area contributed by atoms with Gasteiger partial charge in [0.25, 0.3) is 11.8 Å². The van der Waals surface area contributed by atoms with Crippen LogP contribution in [0.4, 0.5) is 5.69 Å². The van der Waals surface area contributed by atoms with Crippen LogP contribution >= 0.6 is 0 Å². The zero-order valence-corrected chi connectivity index (χ0v) is 16.2. The Labute approximate surface area is 154 Å². The Bertz CT molecular complexity index is 913. The second-order valence-electron chi connectivity index (χ2n) is 8.41. The molecular weight excluding hydrogens is 324 g/mol. The summed E-state index contributed by atoms with van der Waals surface area (Å²) in [6.45, 7) is 12.5. The highest BCUT2D eigenvalue weighted by Gasteiger charge is 2.49. The number of imide groups is 1. The fourth-order valence-corrected chi connectivity index (χ4v) is 5.13. The molecule has 1 N–H and O–H groups in total. The van der Waals surface area contributed by atoms with Crippen LogP contribution in [0.5, 0.6) is 0 Å². The minimum absolute atomic E-state index is 0.222. The number of benzene rings is 2. The number of carbonyl (C=O) groups excluding carboxylic acids is 2. The van der Waals surface area contributed by atoms with E-state index in [0.29, 0.717) is 16.8 Å². The number of carbonyl (C=O) groups is 2.